The number of thioether (sulfide) groups is 1. The van der Waals surface area contributed by atoms with E-state index >= 15 is 0 Å². The van der Waals surface area contributed by atoms with E-state index in [1.165, 1.54) is 37.3 Å². The summed E-state index contributed by atoms with van der Waals surface area (Å²) in [7, 11) is 1.34. The monoisotopic (exact) mass is 223 g/mol. The highest BCUT2D eigenvalue weighted by Crippen LogP contribution is 2.31. The highest BCUT2D eigenvalue weighted by Gasteiger charge is 2.36. The maximum atomic E-state index is 11.7. The zero-order chi connectivity index (χ0) is 10.1. The third-order valence-corrected chi connectivity index (χ3v) is 5.61. The van der Waals surface area contributed by atoms with E-state index in [0.717, 1.165) is 0 Å². The van der Waals surface area contributed by atoms with Gasteiger partial charge in [-0.05, 0) is 11.5 Å². The summed E-state index contributed by atoms with van der Waals surface area (Å²) in [5.41, 5.74) is 0. The standard InChI is InChI=1S/C7H13NO3S2/c1-8(2)13(9,10)7-6(11-3)4-5-12-7/h4-7H,1-3H3. The first-order chi connectivity index (χ1) is 6.00. The second-order valence-corrected chi connectivity index (χ2v) is 6.48. The molecule has 0 N–H and O–H groups in total. The van der Waals surface area contributed by atoms with E-state index in [-0.39, 0.29) is 6.10 Å². The molecule has 0 aromatic heterocycles. The van der Waals surface area contributed by atoms with Crippen LogP contribution < -0.4 is 0 Å². The van der Waals surface area contributed by atoms with Gasteiger partial charge in [-0.25, -0.2) is 12.7 Å². The lowest BCUT2D eigenvalue weighted by Crippen LogP contribution is -2.37. The summed E-state index contributed by atoms with van der Waals surface area (Å²) >= 11 is 1.28. The number of ether oxygens (including phenoxy) is 1. The quantitative estimate of drug-likeness (QED) is 0.698. The van der Waals surface area contributed by atoms with Crippen molar-refractivity contribution in [3.8, 4) is 0 Å². The molecule has 1 heterocycles. The van der Waals surface area contributed by atoms with Crippen LogP contribution in [0.4, 0.5) is 0 Å². The third kappa shape index (κ3) is 2.07. The number of rotatable bonds is 3. The summed E-state index contributed by atoms with van der Waals surface area (Å²) in [4.78, 5) is 0. The smallest absolute Gasteiger partial charge is 0.229 e. The molecule has 0 aromatic rings. The predicted molar refractivity (Wildman–Crippen MR) is 53.9 cm³/mol. The zero-order valence-electron chi connectivity index (χ0n) is 7.80. The number of nitrogens with zero attached hydrogens (tertiary/aromatic N) is 1. The van der Waals surface area contributed by atoms with Gasteiger partial charge in [0.2, 0.25) is 10.0 Å². The summed E-state index contributed by atoms with van der Waals surface area (Å²) < 4.78 is 29.1. The number of hydrogen-bond donors (Lipinski definition) is 0. The van der Waals surface area contributed by atoms with Crippen molar-refractivity contribution in [2.45, 2.75) is 10.7 Å². The van der Waals surface area contributed by atoms with Crippen LogP contribution in [0, 0.1) is 0 Å². The van der Waals surface area contributed by atoms with Crippen molar-refractivity contribution < 1.29 is 13.2 Å². The first-order valence-corrected chi connectivity index (χ1v) is 6.21. The lowest BCUT2D eigenvalue weighted by molar-refractivity contribution is 0.153. The normalized spacial score (nSPS) is 28.6. The van der Waals surface area contributed by atoms with E-state index < -0.39 is 14.6 Å². The van der Waals surface area contributed by atoms with Crippen LogP contribution in [-0.2, 0) is 14.8 Å². The molecule has 4 nitrogen and oxygen atoms in total. The molecule has 1 aliphatic rings. The fourth-order valence-electron chi connectivity index (χ4n) is 1.01. The van der Waals surface area contributed by atoms with E-state index in [1.54, 1.807) is 11.5 Å². The summed E-state index contributed by atoms with van der Waals surface area (Å²) in [6, 6.07) is 0. The molecule has 6 heteroatoms. The highest BCUT2D eigenvalue weighted by molar-refractivity contribution is 8.14. The molecule has 76 valence electrons. The van der Waals surface area contributed by atoms with Crippen molar-refractivity contribution in [2.24, 2.45) is 0 Å². The zero-order valence-corrected chi connectivity index (χ0v) is 9.43. The van der Waals surface area contributed by atoms with Gasteiger partial charge in [0.05, 0.1) is 0 Å². The Morgan fingerprint density at radius 3 is 2.54 bits per heavy atom. The Bertz CT molecular complexity index is 297. The van der Waals surface area contributed by atoms with Crippen LogP contribution in [0.25, 0.3) is 0 Å². The van der Waals surface area contributed by atoms with Gasteiger partial charge in [-0.1, -0.05) is 0 Å². The maximum Gasteiger partial charge on any atom is 0.229 e. The van der Waals surface area contributed by atoms with E-state index in [9.17, 15) is 8.42 Å². The van der Waals surface area contributed by atoms with Crippen LogP contribution in [0.3, 0.4) is 0 Å². The van der Waals surface area contributed by atoms with Gasteiger partial charge in [0, 0.05) is 21.2 Å². The Kier molecular flexibility index (Phi) is 3.39. The molecule has 1 rings (SSSR count). The van der Waals surface area contributed by atoms with Crippen molar-refractivity contribution in [1.82, 2.24) is 4.31 Å². The maximum absolute atomic E-state index is 11.7. The number of sulfonamides is 1. The molecule has 2 atom stereocenters. The molecule has 1 aliphatic heterocycles. The SMILES string of the molecule is COC1C=CSC1S(=O)(=O)N(C)C. The molecule has 0 spiro atoms. The van der Waals surface area contributed by atoms with Crippen molar-refractivity contribution in [3.63, 3.8) is 0 Å². The molecule has 0 saturated carbocycles. The van der Waals surface area contributed by atoms with E-state index in [1.807, 2.05) is 0 Å². The minimum absolute atomic E-state index is 0.336. The fraction of sp³-hybridized carbons (Fsp3) is 0.714. The minimum Gasteiger partial charge on any atom is -0.375 e. The molecule has 0 fully saturated rings. The molecule has 13 heavy (non-hydrogen) atoms. The first-order valence-electron chi connectivity index (χ1n) is 3.76. The van der Waals surface area contributed by atoms with Crippen LogP contribution in [-0.4, -0.2) is 44.6 Å². The predicted octanol–water partition coefficient (Wildman–Crippen LogP) is 0.479. The van der Waals surface area contributed by atoms with E-state index in [2.05, 4.69) is 0 Å². The van der Waals surface area contributed by atoms with Gasteiger partial charge in [-0.2, -0.15) is 0 Å². The van der Waals surface area contributed by atoms with Crippen molar-refractivity contribution in [3.05, 3.63) is 11.5 Å². The topological polar surface area (TPSA) is 46.6 Å². The molecular formula is C7H13NO3S2. The minimum atomic E-state index is -3.23. The number of hydrogen-bond acceptors (Lipinski definition) is 4. The van der Waals surface area contributed by atoms with Gasteiger partial charge >= 0.3 is 0 Å². The Labute approximate surface area is 83.0 Å². The molecule has 2 unspecified atom stereocenters. The number of methoxy groups -OCH3 is 1. The van der Waals surface area contributed by atoms with E-state index in [4.69, 9.17) is 4.74 Å². The highest BCUT2D eigenvalue weighted by atomic mass is 32.3. The van der Waals surface area contributed by atoms with Gasteiger partial charge < -0.3 is 4.74 Å². The molecule has 0 bridgehead atoms. The van der Waals surface area contributed by atoms with Gasteiger partial charge in [0.1, 0.15) is 6.10 Å². The van der Waals surface area contributed by atoms with Crippen LogP contribution in [0.5, 0.6) is 0 Å². The Hall–Kier alpha value is -0.0400. The molecule has 0 saturated heterocycles. The largest absolute Gasteiger partial charge is 0.375 e. The van der Waals surface area contributed by atoms with Crippen molar-refractivity contribution >= 4 is 21.8 Å². The van der Waals surface area contributed by atoms with Crippen LogP contribution >= 0.6 is 11.8 Å². The molecule has 0 radical (unpaired) electrons. The summed E-state index contributed by atoms with van der Waals surface area (Å²) in [6.07, 6.45) is 1.42. The van der Waals surface area contributed by atoms with E-state index in [0.29, 0.717) is 0 Å². The fourth-order valence-corrected chi connectivity index (χ4v) is 3.99. The molecule has 0 amide bonds. The van der Waals surface area contributed by atoms with Gasteiger partial charge in [-0.15, -0.1) is 11.8 Å². The lowest BCUT2D eigenvalue weighted by atomic mass is 10.4. The van der Waals surface area contributed by atoms with Crippen molar-refractivity contribution in [2.75, 3.05) is 21.2 Å². The summed E-state index contributed by atoms with van der Waals surface area (Å²) in [5, 5.41) is 1.76. The van der Waals surface area contributed by atoms with Gasteiger partial charge in [0.25, 0.3) is 0 Å². The average molecular weight is 223 g/mol. The van der Waals surface area contributed by atoms with Crippen LogP contribution in [0.15, 0.2) is 11.5 Å². The first kappa shape index (κ1) is 11.0. The van der Waals surface area contributed by atoms with Gasteiger partial charge in [0.15, 0.2) is 4.58 Å². The van der Waals surface area contributed by atoms with Crippen molar-refractivity contribution in [1.29, 1.82) is 0 Å². The van der Waals surface area contributed by atoms with Crippen LogP contribution in [0.1, 0.15) is 0 Å². The molecule has 0 aromatic carbocycles. The summed E-state index contributed by atoms with van der Waals surface area (Å²) in [5.74, 6) is 0. The molecule has 0 aliphatic carbocycles. The van der Waals surface area contributed by atoms with Gasteiger partial charge in [-0.3, -0.25) is 0 Å². The Balaban J connectivity index is 2.85. The Morgan fingerprint density at radius 2 is 2.08 bits per heavy atom. The Morgan fingerprint density at radius 1 is 1.46 bits per heavy atom. The average Bonchev–Trinajstić information content (AvgIpc) is 2.51. The second-order valence-electron chi connectivity index (χ2n) is 2.86. The molecular weight excluding hydrogens is 210 g/mol. The summed E-state index contributed by atoms with van der Waals surface area (Å²) in [6.45, 7) is 0. The van der Waals surface area contributed by atoms with Crippen LogP contribution in [0.2, 0.25) is 0 Å². The third-order valence-electron chi connectivity index (χ3n) is 1.82. The second kappa shape index (κ2) is 4.00. The lowest BCUT2D eigenvalue weighted by Gasteiger charge is -2.21.